The summed E-state index contributed by atoms with van der Waals surface area (Å²) in [6.07, 6.45) is 3.56. The molecule has 8 heteroatoms. The molecule has 186 valence electrons. The first-order chi connectivity index (χ1) is 17.4. The molecule has 0 spiro atoms. The third-order valence-electron chi connectivity index (χ3n) is 6.23. The maximum Gasteiger partial charge on any atom is 0.255 e. The molecule has 0 saturated carbocycles. The van der Waals surface area contributed by atoms with Crippen molar-refractivity contribution in [3.63, 3.8) is 0 Å². The van der Waals surface area contributed by atoms with Gasteiger partial charge in [0.2, 0.25) is 5.91 Å². The standard InChI is InChI=1S/C28H29N3O3S2/c1-4-24(27(33)31-28-23(16-29)22-12-11-17(2)13-25(22)36-28)35-21-10-6-8-19(15-21)30-26(32)18-7-5-9-20(14-18)34-3/h5-10,14-15,17,24H,4,11-13H2,1-3H3,(H,30,32)(H,31,33). The zero-order valence-electron chi connectivity index (χ0n) is 20.6. The summed E-state index contributed by atoms with van der Waals surface area (Å²) in [5.41, 5.74) is 2.88. The second-order valence-electron chi connectivity index (χ2n) is 8.89. The number of benzene rings is 2. The smallest absolute Gasteiger partial charge is 0.255 e. The van der Waals surface area contributed by atoms with Crippen LogP contribution in [0.1, 0.15) is 53.1 Å². The molecule has 2 unspecified atom stereocenters. The number of anilines is 2. The summed E-state index contributed by atoms with van der Waals surface area (Å²) < 4.78 is 5.20. The number of carbonyl (C=O) groups excluding carboxylic acids is 2. The second-order valence-corrected chi connectivity index (χ2v) is 11.3. The number of methoxy groups -OCH3 is 1. The molecule has 0 aliphatic heterocycles. The van der Waals surface area contributed by atoms with Crippen molar-refractivity contribution in [3.05, 3.63) is 70.1 Å². The van der Waals surface area contributed by atoms with Crippen LogP contribution in [0.15, 0.2) is 53.4 Å². The predicted molar refractivity (Wildman–Crippen MR) is 146 cm³/mol. The maximum atomic E-state index is 13.2. The van der Waals surface area contributed by atoms with Crippen molar-refractivity contribution in [2.75, 3.05) is 17.7 Å². The first-order valence-electron chi connectivity index (χ1n) is 12.0. The number of hydrogen-bond acceptors (Lipinski definition) is 6. The van der Waals surface area contributed by atoms with Crippen molar-refractivity contribution in [2.24, 2.45) is 5.92 Å². The fraction of sp³-hybridized carbons (Fsp3) is 0.321. The highest BCUT2D eigenvalue weighted by Gasteiger charge is 2.26. The molecular formula is C28H29N3O3S2. The lowest BCUT2D eigenvalue weighted by Gasteiger charge is -2.17. The Morgan fingerprint density at radius 2 is 2.03 bits per heavy atom. The van der Waals surface area contributed by atoms with Gasteiger partial charge in [0.25, 0.3) is 5.91 Å². The zero-order valence-corrected chi connectivity index (χ0v) is 22.2. The molecule has 2 amide bonds. The minimum atomic E-state index is -0.334. The molecule has 4 rings (SSSR count). The Balaban J connectivity index is 1.44. The molecule has 6 nitrogen and oxygen atoms in total. The minimum absolute atomic E-state index is 0.114. The molecule has 1 aliphatic carbocycles. The summed E-state index contributed by atoms with van der Waals surface area (Å²) in [7, 11) is 1.56. The van der Waals surface area contributed by atoms with Gasteiger partial charge < -0.3 is 15.4 Å². The van der Waals surface area contributed by atoms with Crippen LogP contribution >= 0.6 is 23.1 Å². The number of thiophene rings is 1. The first kappa shape index (κ1) is 25.8. The van der Waals surface area contributed by atoms with E-state index >= 15 is 0 Å². The summed E-state index contributed by atoms with van der Waals surface area (Å²) in [5, 5.41) is 16.0. The van der Waals surface area contributed by atoms with Crippen molar-refractivity contribution in [2.45, 2.75) is 49.7 Å². The summed E-state index contributed by atoms with van der Waals surface area (Å²) in [4.78, 5) is 28.0. The van der Waals surface area contributed by atoms with Crippen LogP contribution in [0, 0.1) is 17.2 Å². The number of amides is 2. The van der Waals surface area contributed by atoms with E-state index in [1.165, 1.54) is 16.6 Å². The van der Waals surface area contributed by atoms with Gasteiger partial charge in [-0.3, -0.25) is 9.59 Å². The third-order valence-corrected chi connectivity index (χ3v) is 8.75. The first-order valence-corrected chi connectivity index (χ1v) is 13.7. The van der Waals surface area contributed by atoms with Gasteiger partial charge in [0.05, 0.1) is 17.9 Å². The number of nitriles is 1. The highest BCUT2D eigenvalue weighted by atomic mass is 32.2. The van der Waals surface area contributed by atoms with Gasteiger partial charge in [-0.15, -0.1) is 23.1 Å². The summed E-state index contributed by atoms with van der Waals surface area (Å²) >= 11 is 2.99. The van der Waals surface area contributed by atoms with Gasteiger partial charge in [-0.05, 0) is 73.6 Å². The number of thioether (sulfide) groups is 1. The quantitative estimate of drug-likeness (QED) is 0.331. The zero-order chi connectivity index (χ0) is 25.7. The van der Waals surface area contributed by atoms with Crippen molar-refractivity contribution in [1.82, 2.24) is 0 Å². The van der Waals surface area contributed by atoms with Gasteiger partial charge in [0.1, 0.15) is 16.8 Å². The Hall–Kier alpha value is -3.28. The molecule has 2 aromatic carbocycles. The van der Waals surface area contributed by atoms with E-state index in [4.69, 9.17) is 4.74 Å². The molecule has 2 N–H and O–H groups in total. The van der Waals surface area contributed by atoms with Crippen molar-refractivity contribution in [1.29, 1.82) is 5.26 Å². The Morgan fingerprint density at radius 1 is 1.22 bits per heavy atom. The number of carbonyl (C=O) groups is 2. The van der Waals surface area contributed by atoms with E-state index in [2.05, 4.69) is 23.6 Å². The summed E-state index contributed by atoms with van der Waals surface area (Å²) in [5.74, 6) is 0.864. The van der Waals surface area contributed by atoms with Crippen molar-refractivity contribution < 1.29 is 14.3 Å². The summed E-state index contributed by atoms with van der Waals surface area (Å²) in [6.45, 7) is 4.20. The molecule has 36 heavy (non-hydrogen) atoms. The van der Waals surface area contributed by atoms with Gasteiger partial charge in [-0.25, -0.2) is 0 Å². The molecule has 1 aromatic heterocycles. The average molecular weight is 520 g/mol. The SMILES string of the molecule is CCC(Sc1cccc(NC(=O)c2cccc(OC)c2)c1)C(=O)Nc1sc2c(c1C#N)CCC(C)C2. The van der Waals surface area contributed by atoms with Gasteiger partial charge in [-0.1, -0.05) is 26.0 Å². The lowest BCUT2D eigenvalue weighted by molar-refractivity contribution is -0.115. The van der Waals surface area contributed by atoms with Crippen LogP contribution in [-0.4, -0.2) is 24.2 Å². The number of fused-ring (bicyclic) bond motifs is 1. The largest absolute Gasteiger partial charge is 0.497 e. The fourth-order valence-corrected chi connectivity index (χ4v) is 6.63. The van der Waals surface area contributed by atoms with Gasteiger partial charge in [-0.2, -0.15) is 5.26 Å². The van der Waals surface area contributed by atoms with E-state index in [-0.39, 0.29) is 17.1 Å². The lowest BCUT2D eigenvalue weighted by atomic mass is 9.88. The molecule has 3 aromatic rings. The van der Waals surface area contributed by atoms with E-state index in [0.29, 0.717) is 39.9 Å². The Morgan fingerprint density at radius 3 is 2.78 bits per heavy atom. The van der Waals surface area contributed by atoms with Crippen molar-refractivity contribution >= 4 is 45.6 Å². The maximum absolute atomic E-state index is 13.2. The number of ether oxygens (including phenoxy) is 1. The molecule has 2 atom stereocenters. The Bertz CT molecular complexity index is 1310. The van der Waals surface area contributed by atoms with Crippen LogP contribution in [0.25, 0.3) is 0 Å². The third kappa shape index (κ3) is 5.92. The molecular weight excluding hydrogens is 490 g/mol. The normalized spacial score (nSPS) is 15.3. The fourth-order valence-electron chi connectivity index (χ4n) is 4.25. The van der Waals surface area contributed by atoms with Crippen LogP contribution in [0.3, 0.4) is 0 Å². The van der Waals surface area contributed by atoms with Crippen LogP contribution in [0.5, 0.6) is 5.75 Å². The monoisotopic (exact) mass is 519 g/mol. The van der Waals surface area contributed by atoms with E-state index in [1.807, 2.05) is 31.2 Å². The predicted octanol–water partition coefficient (Wildman–Crippen LogP) is 6.51. The second kappa shape index (κ2) is 11.6. The number of nitrogens with zero attached hydrogens (tertiary/aromatic N) is 1. The van der Waals surface area contributed by atoms with E-state index < -0.39 is 0 Å². The van der Waals surface area contributed by atoms with Crippen LogP contribution in [0.4, 0.5) is 10.7 Å². The number of hydrogen-bond donors (Lipinski definition) is 2. The van der Waals surface area contributed by atoms with Crippen LogP contribution in [0.2, 0.25) is 0 Å². The van der Waals surface area contributed by atoms with Gasteiger partial charge in [0, 0.05) is 21.0 Å². The highest BCUT2D eigenvalue weighted by Crippen LogP contribution is 2.40. The van der Waals surface area contributed by atoms with E-state index in [9.17, 15) is 14.9 Å². The highest BCUT2D eigenvalue weighted by molar-refractivity contribution is 8.00. The van der Waals surface area contributed by atoms with E-state index in [1.54, 1.807) is 42.7 Å². The van der Waals surface area contributed by atoms with Crippen LogP contribution in [-0.2, 0) is 17.6 Å². The summed E-state index contributed by atoms with van der Waals surface area (Å²) in [6, 6.07) is 16.8. The molecule has 0 saturated heterocycles. The number of nitrogens with one attached hydrogen (secondary N) is 2. The van der Waals surface area contributed by atoms with Crippen molar-refractivity contribution in [3.8, 4) is 11.8 Å². The molecule has 1 aliphatic rings. The van der Waals surface area contributed by atoms with Crippen LogP contribution < -0.4 is 15.4 Å². The van der Waals surface area contributed by atoms with E-state index in [0.717, 1.165) is 29.7 Å². The molecule has 0 bridgehead atoms. The topological polar surface area (TPSA) is 91.2 Å². The average Bonchev–Trinajstić information content (AvgIpc) is 3.23. The molecule has 0 radical (unpaired) electrons. The molecule has 1 heterocycles. The van der Waals surface area contributed by atoms with Gasteiger partial charge >= 0.3 is 0 Å². The minimum Gasteiger partial charge on any atom is -0.497 e. The number of rotatable bonds is 8. The Kier molecular flexibility index (Phi) is 8.34. The van der Waals surface area contributed by atoms with Gasteiger partial charge in [0.15, 0.2) is 0 Å². The lowest BCUT2D eigenvalue weighted by Crippen LogP contribution is -2.24. The molecule has 0 fully saturated rings. The Labute approximate surface area is 220 Å².